The van der Waals surface area contributed by atoms with Crippen LogP contribution < -0.4 is 5.32 Å². The summed E-state index contributed by atoms with van der Waals surface area (Å²) in [5, 5.41) is 112. The Kier molecular flexibility index (Phi) is 14.8. The zero-order valence-electron chi connectivity index (χ0n) is 20.6. The number of rotatable bonds is 16. The largest absolute Gasteiger partial charge is 0.396 e. The van der Waals surface area contributed by atoms with Crippen molar-refractivity contribution in [1.82, 2.24) is 5.32 Å². The van der Waals surface area contributed by atoms with Gasteiger partial charge in [0.15, 0.2) is 12.6 Å². The average molecular weight is 548 g/mol. The van der Waals surface area contributed by atoms with Crippen molar-refractivity contribution in [3.05, 3.63) is 0 Å². The van der Waals surface area contributed by atoms with E-state index in [1.807, 2.05) is 0 Å². The summed E-state index contributed by atoms with van der Waals surface area (Å²) in [6.45, 7) is 0.346. The SMILES string of the molecule is CC(=O)NC(C(O)OC(C(O)[C@H](O)CCO)[C@@H](C)O)C(O)[C@@H](CCO)O[C@@H]1OC(CO)[C@H](O)C(O)C1O. The number of carbonyl (C=O) groups is 1. The van der Waals surface area contributed by atoms with Gasteiger partial charge in [-0.25, -0.2) is 0 Å². The van der Waals surface area contributed by atoms with E-state index < -0.39 is 105 Å². The fourth-order valence-corrected chi connectivity index (χ4v) is 3.84. The van der Waals surface area contributed by atoms with Gasteiger partial charge in [-0.15, -0.1) is 0 Å². The lowest BCUT2D eigenvalue weighted by Gasteiger charge is -2.42. The number of ether oxygens (including phenoxy) is 3. The molecular formula is C21H41NO15. The first-order valence-corrected chi connectivity index (χ1v) is 11.8. The highest BCUT2D eigenvalue weighted by molar-refractivity contribution is 5.73. The van der Waals surface area contributed by atoms with Crippen LogP contribution in [0, 0.1) is 0 Å². The van der Waals surface area contributed by atoms with Crippen LogP contribution in [0.2, 0.25) is 0 Å². The first kappa shape index (κ1) is 33.9. The molecule has 0 saturated carbocycles. The summed E-state index contributed by atoms with van der Waals surface area (Å²) >= 11 is 0. The van der Waals surface area contributed by atoms with E-state index in [1.54, 1.807) is 0 Å². The highest BCUT2D eigenvalue weighted by Crippen LogP contribution is 2.26. The van der Waals surface area contributed by atoms with Gasteiger partial charge in [-0.1, -0.05) is 0 Å². The van der Waals surface area contributed by atoms with Crippen molar-refractivity contribution < 1.29 is 75.2 Å². The molecule has 220 valence electrons. The maximum absolute atomic E-state index is 11.8. The molecule has 1 rings (SSSR count). The first-order valence-electron chi connectivity index (χ1n) is 11.8. The normalized spacial score (nSPS) is 31.0. The maximum Gasteiger partial charge on any atom is 0.217 e. The van der Waals surface area contributed by atoms with Gasteiger partial charge in [0.2, 0.25) is 5.91 Å². The second kappa shape index (κ2) is 16.1. The van der Waals surface area contributed by atoms with Gasteiger partial charge in [0.05, 0.1) is 24.9 Å². The Morgan fingerprint density at radius 2 is 1.51 bits per heavy atom. The summed E-state index contributed by atoms with van der Waals surface area (Å²) in [6.07, 6.45) is -21.1. The van der Waals surface area contributed by atoms with Gasteiger partial charge in [0.1, 0.15) is 48.8 Å². The molecule has 1 aliphatic rings. The lowest BCUT2D eigenvalue weighted by atomic mass is 9.98. The Bertz CT molecular complexity index is 655. The summed E-state index contributed by atoms with van der Waals surface area (Å²) in [7, 11) is 0. The van der Waals surface area contributed by atoms with Crippen molar-refractivity contribution in [2.24, 2.45) is 0 Å². The van der Waals surface area contributed by atoms with Crippen LogP contribution in [0.15, 0.2) is 0 Å². The molecule has 16 nitrogen and oxygen atoms in total. The fourth-order valence-electron chi connectivity index (χ4n) is 3.84. The highest BCUT2D eigenvalue weighted by Gasteiger charge is 2.47. The van der Waals surface area contributed by atoms with E-state index in [1.165, 1.54) is 6.92 Å². The Morgan fingerprint density at radius 3 is 2.00 bits per heavy atom. The summed E-state index contributed by atoms with van der Waals surface area (Å²) < 4.78 is 16.0. The van der Waals surface area contributed by atoms with E-state index in [-0.39, 0.29) is 12.8 Å². The molecule has 1 saturated heterocycles. The molecule has 1 fully saturated rings. The summed E-state index contributed by atoms with van der Waals surface area (Å²) in [5.41, 5.74) is 0. The van der Waals surface area contributed by atoms with Crippen molar-refractivity contribution >= 4 is 5.91 Å². The molecule has 1 amide bonds. The molecule has 0 aromatic rings. The third-order valence-corrected chi connectivity index (χ3v) is 5.92. The van der Waals surface area contributed by atoms with E-state index in [4.69, 9.17) is 19.3 Å². The molecule has 37 heavy (non-hydrogen) atoms. The number of amides is 1. The van der Waals surface area contributed by atoms with E-state index in [0.29, 0.717) is 0 Å². The quantitative estimate of drug-likeness (QED) is 0.0800. The third kappa shape index (κ3) is 9.55. The number of nitrogens with one attached hydrogen (secondary N) is 1. The highest BCUT2D eigenvalue weighted by atomic mass is 16.7. The minimum absolute atomic E-state index is 0.285. The lowest BCUT2D eigenvalue weighted by molar-refractivity contribution is -0.320. The fraction of sp³-hybridized carbons (Fsp3) is 0.952. The lowest BCUT2D eigenvalue weighted by Crippen LogP contribution is -2.62. The number of aliphatic hydroxyl groups excluding tert-OH is 11. The van der Waals surface area contributed by atoms with Gasteiger partial charge in [-0.05, 0) is 19.8 Å². The molecule has 0 aromatic carbocycles. The minimum Gasteiger partial charge on any atom is -0.396 e. The molecule has 0 bridgehead atoms. The Labute approximate surface area is 213 Å². The monoisotopic (exact) mass is 547 g/mol. The topological polar surface area (TPSA) is 279 Å². The molecule has 0 aromatic heterocycles. The Balaban J connectivity index is 3.15. The van der Waals surface area contributed by atoms with Crippen LogP contribution in [0.4, 0.5) is 0 Å². The van der Waals surface area contributed by atoms with E-state index in [2.05, 4.69) is 5.32 Å². The van der Waals surface area contributed by atoms with E-state index in [9.17, 15) is 55.9 Å². The zero-order valence-corrected chi connectivity index (χ0v) is 20.6. The van der Waals surface area contributed by atoms with Crippen LogP contribution in [0.1, 0.15) is 26.7 Å². The van der Waals surface area contributed by atoms with Crippen molar-refractivity contribution in [3.8, 4) is 0 Å². The van der Waals surface area contributed by atoms with Gasteiger partial charge in [-0.3, -0.25) is 4.79 Å². The van der Waals surface area contributed by atoms with Gasteiger partial charge in [0, 0.05) is 20.1 Å². The van der Waals surface area contributed by atoms with E-state index in [0.717, 1.165) is 6.92 Å². The van der Waals surface area contributed by atoms with Crippen molar-refractivity contribution in [3.63, 3.8) is 0 Å². The second-order valence-corrected chi connectivity index (χ2v) is 8.90. The maximum atomic E-state index is 11.8. The molecule has 0 radical (unpaired) electrons. The average Bonchev–Trinajstić information content (AvgIpc) is 2.84. The molecule has 0 spiro atoms. The van der Waals surface area contributed by atoms with Gasteiger partial charge < -0.3 is 75.7 Å². The molecule has 1 aliphatic heterocycles. The molecule has 12 N–H and O–H groups in total. The summed E-state index contributed by atoms with van der Waals surface area (Å²) in [5.74, 6) is -0.767. The Hall–Kier alpha value is -1.09. The molecule has 1 heterocycles. The molecule has 0 aliphatic carbocycles. The van der Waals surface area contributed by atoms with Crippen LogP contribution >= 0.6 is 0 Å². The van der Waals surface area contributed by atoms with Crippen LogP contribution in [-0.4, -0.2) is 162 Å². The molecule has 13 atom stereocenters. The van der Waals surface area contributed by atoms with Crippen LogP contribution in [0.3, 0.4) is 0 Å². The van der Waals surface area contributed by atoms with Gasteiger partial charge >= 0.3 is 0 Å². The number of hydrogen-bond acceptors (Lipinski definition) is 15. The number of aliphatic hydroxyl groups is 11. The molecular weight excluding hydrogens is 506 g/mol. The standard InChI is InChI=1S/C21H41NO15/c1-8(26)19(14(29)10(28)3-5-23)37-20(34)13(22-9(2)27)15(30)11(4-6-24)35-21-18(33)17(32)16(31)12(7-25)36-21/h8,10-21,23-26,28-34H,3-7H2,1-2H3,(H,22,27)/t8-,10-,11-,12?,13?,14?,15?,16+,17?,18?,19?,20?,21-/m1/s1. The van der Waals surface area contributed by atoms with Crippen molar-refractivity contribution in [2.45, 2.75) is 106 Å². The second-order valence-electron chi connectivity index (χ2n) is 8.90. The van der Waals surface area contributed by atoms with Gasteiger partial charge in [0.25, 0.3) is 0 Å². The van der Waals surface area contributed by atoms with Crippen LogP contribution in [0.25, 0.3) is 0 Å². The first-order chi connectivity index (χ1) is 17.3. The smallest absolute Gasteiger partial charge is 0.217 e. The zero-order chi connectivity index (χ0) is 28.4. The number of carbonyl (C=O) groups excluding carboxylic acids is 1. The molecule has 8 unspecified atom stereocenters. The predicted molar refractivity (Wildman–Crippen MR) is 120 cm³/mol. The third-order valence-electron chi connectivity index (χ3n) is 5.92. The molecule has 16 heteroatoms. The number of hydrogen-bond donors (Lipinski definition) is 12. The summed E-state index contributed by atoms with van der Waals surface area (Å²) in [6, 6.07) is -1.73. The van der Waals surface area contributed by atoms with Crippen molar-refractivity contribution in [2.75, 3.05) is 19.8 Å². The predicted octanol–water partition coefficient (Wildman–Crippen LogP) is -6.39. The van der Waals surface area contributed by atoms with E-state index >= 15 is 0 Å². The minimum atomic E-state index is -2.14. The summed E-state index contributed by atoms with van der Waals surface area (Å²) in [4.78, 5) is 11.8. The Morgan fingerprint density at radius 1 is 0.919 bits per heavy atom. The van der Waals surface area contributed by atoms with Gasteiger partial charge in [-0.2, -0.15) is 0 Å². The van der Waals surface area contributed by atoms with Crippen LogP contribution in [0.5, 0.6) is 0 Å². The van der Waals surface area contributed by atoms with Crippen LogP contribution in [-0.2, 0) is 19.0 Å². The van der Waals surface area contributed by atoms with Crippen molar-refractivity contribution in [1.29, 1.82) is 0 Å².